The van der Waals surface area contributed by atoms with Crippen LogP contribution in [0.5, 0.6) is 0 Å². The van der Waals surface area contributed by atoms with Gasteiger partial charge in [0, 0.05) is 22.6 Å². The van der Waals surface area contributed by atoms with Crippen LogP contribution in [-0.4, -0.2) is 15.0 Å². The number of benzene rings is 6. The average Bonchev–Trinajstić information content (AvgIpc) is 3.18. The largest absolute Gasteiger partial charge is 0.208 e. The van der Waals surface area contributed by atoms with Crippen LogP contribution in [0.2, 0.25) is 0 Å². The molecule has 1 aromatic heterocycles. The number of hydrogen-bond acceptors (Lipinski definition) is 3. The van der Waals surface area contributed by atoms with Crippen molar-refractivity contribution < 1.29 is 0 Å². The fourth-order valence-corrected chi connectivity index (χ4v) is 7.28. The molecule has 2 aliphatic rings. The molecule has 0 N–H and O–H groups in total. The molecule has 0 fully saturated rings. The minimum absolute atomic E-state index is 0.288. The number of rotatable bonds is 5. The molecule has 7 aromatic rings. The Bertz CT molecular complexity index is 2420. The van der Waals surface area contributed by atoms with Crippen LogP contribution in [0.25, 0.3) is 67.4 Å². The van der Waals surface area contributed by atoms with Crippen LogP contribution in [0, 0.1) is 0 Å². The molecule has 48 heavy (non-hydrogen) atoms. The predicted molar refractivity (Wildman–Crippen MR) is 199 cm³/mol. The molecule has 1 atom stereocenters. The second kappa shape index (κ2) is 12.0. The Kier molecular flexibility index (Phi) is 7.09. The van der Waals surface area contributed by atoms with Gasteiger partial charge >= 0.3 is 0 Å². The van der Waals surface area contributed by atoms with Crippen LogP contribution in [0.3, 0.4) is 0 Å². The van der Waals surface area contributed by atoms with E-state index < -0.39 is 0 Å². The van der Waals surface area contributed by atoms with E-state index in [4.69, 9.17) is 15.0 Å². The summed E-state index contributed by atoms with van der Waals surface area (Å²) >= 11 is 0. The van der Waals surface area contributed by atoms with Crippen LogP contribution < -0.4 is 0 Å². The topological polar surface area (TPSA) is 38.7 Å². The Hall–Kier alpha value is -5.93. The Labute approximate surface area is 280 Å². The van der Waals surface area contributed by atoms with Crippen molar-refractivity contribution in [3.05, 3.63) is 174 Å². The van der Waals surface area contributed by atoms with E-state index in [1.807, 2.05) is 18.2 Å². The van der Waals surface area contributed by atoms with Gasteiger partial charge in [0.05, 0.1) is 0 Å². The lowest BCUT2D eigenvalue weighted by molar-refractivity contribution is 0.834. The summed E-state index contributed by atoms with van der Waals surface area (Å²) < 4.78 is 0. The Balaban J connectivity index is 1.08. The van der Waals surface area contributed by atoms with Crippen molar-refractivity contribution in [3.8, 4) is 34.2 Å². The molecule has 2 aliphatic carbocycles. The maximum atomic E-state index is 5.05. The Morgan fingerprint density at radius 1 is 0.479 bits per heavy atom. The van der Waals surface area contributed by atoms with E-state index in [9.17, 15) is 0 Å². The van der Waals surface area contributed by atoms with Crippen molar-refractivity contribution in [3.63, 3.8) is 0 Å². The zero-order valence-electron chi connectivity index (χ0n) is 26.6. The number of allylic oxidation sites excluding steroid dienone is 5. The lowest BCUT2D eigenvalue weighted by Crippen LogP contribution is -2.07. The summed E-state index contributed by atoms with van der Waals surface area (Å²) in [6, 6.07) is 45.2. The van der Waals surface area contributed by atoms with Gasteiger partial charge in [-0.05, 0) is 74.7 Å². The van der Waals surface area contributed by atoms with Crippen molar-refractivity contribution in [2.45, 2.75) is 25.2 Å². The normalized spacial score (nSPS) is 15.4. The van der Waals surface area contributed by atoms with Crippen LogP contribution in [0.1, 0.15) is 41.0 Å². The van der Waals surface area contributed by atoms with Gasteiger partial charge in [-0.3, -0.25) is 0 Å². The maximum Gasteiger partial charge on any atom is 0.164 e. The van der Waals surface area contributed by atoms with Gasteiger partial charge in [-0.2, -0.15) is 0 Å². The van der Waals surface area contributed by atoms with E-state index in [1.165, 1.54) is 49.4 Å². The average molecular weight is 616 g/mol. The van der Waals surface area contributed by atoms with E-state index >= 15 is 0 Å². The van der Waals surface area contributed by atoms with Gasteiger partial charge in [0.15, 0.2) is 17.5 Å². The van der Waals surface area contributed by atoms with Gasteiger partial charge in [-0.15, -0.1) is 0 Å². The Morgan fingerprint density at radius 3 is 1.81 bits per heavy atom. The molecule has 1 unspecified atom stereocenters. The highest BCUT2D eigenvalue weighted by molar-refractivity contribution is 6.13. The first-order chi connectivity index (χ1) is 23.8. The van der Waals surface area contributed by atoms with E-state index in [1.54, 1.807) is 0 Å². The number of fused-ring (bicyclic) bond motifs is 6. The van der Waals surface area contributed by atoms with Crippen LogP contribution in [0.15, 0.2) is 152 Å². The highest BCUT2D eigenvalue weighted by Crippen LogP contribution is 2.40. The summed E-state index contributed by atoms with van der Waals surface area (Å²) in [5.41, 5.74) is 9.42. The third kappa shape index (κ3) is 5.14. The van der Waals surface area contributed by atoms with Crippen molar-refractivity contribution in [1.29, 1.82) is 0 Å². The molecule has 0 radical (unpaired) electrons. The standard InChI is InChI=1S/C45H33N3/c1-3-12-30(13-4-1)34-16-11-17-36(28-34)45-47-43(32-14-5-2-6-15-32)46-44(48-45)33-24-22-31(23-25-33)35-26-27-41-39-20-8-7-18-37(39)38-19-9-10-21-40(38)42(41)29-35/h2-3,5-28,35H,1,4,29H2. The molecule has 3 nitrogen and oxygen atoms in total. The van der Waals surface area contributed by atoms with Gasteiger partial charge in [-0.1, -0.05) is 152 Å². The third-order valence-electron chi connectivity index (χ3n) is 9.72. The van der Waals surface area contributed by atoms with Gasteiger partial charge in [0.2, 0.25) is 0 Å². The van der Waals surface area contributed by atoms with Gasteiger partial charge in [-0.25, -0.2) is 15.0 Å². The maximum absolute atomic E-state index is 5.05. The lowest BCUT2D eigenvalue weighted by atomic mass is 9.80. The minimum atomic E-state index is 0.288. The second-order valence-electron chi connectivity index (χ2n) is 12.7. The monoisotopic (exact) mass is 615 g/mol. The van der Waals surface area contributed by atoms with E-state index in [2.05, 4.69) is 140 Å². The lowest BCUT2D eigenvalue weighted by Gasteiger charge is -2.24. The predicted octanol–water partition coefficient (Wildman–Crippen LogP) is 11.3. The molecule has 1 heterocycles. The fraction of sp³-hybridized carbons (Fsp3) is 0.0889. The van der Waals surface area contributed by atoms with E-state index in [-0.39, 0.29) is 5.92 Å². The van der Waals surface area contributed by atoms with Gasteiger partial charge < -0.3 is 0 Å². The van der Waals surface area contributed by atoms with Crippen molar-refractivity contribution in [1.82, 2.24) is 15.0 Å². The van der Waals surface area contributed by atoms with Crippen LogP contribution in [-0.2, 0) is 6.42 Å². The van der Waals surface area contributed by atoms with Gasteiger partial charge in [0.1, 0.15) is 0 Å². The first kappa shape index (κ1) is 28.3. The summed E-state index contributed by atoms with van der Waals surface area (Å²) in [5, 5.41) is 5.32. The smallest absolute Gasteiger partial charge is 0.164 e. The highest BCUT2D eigenvalue weighted by atomic mass is 15.0. The van der Waals surface area contributed by atoms with E-state index in [0.717, 1.165) is 36.0 Å². The summed E-state index contributed by atoms with van der Waals surface area (Å²) in [4.78, 5) is 15.0. The molecule has 228 valence electrons. The summed E-state index contributed by atoms with van der Waals surface area (Å²) in [5.74, 6) is 2.31. The molecule has 0 bridgehead atoms. The summed E-state index contributed by atoms with van der Waals surface area (Å²) in [6.45, 7) is 0. The molecule has 0 spiro atoms. The zero-order chi connectivity index (χ0) is 31.9. The van der Waals surface area contributed by atoms with Crippen LogP contribution >= 0.6 is 0 Å². The fourth-order valence-electron chi connectivity index (χ4n) is 7.28. The first-order valence-corrected chi connectivity index (χ1v) is 16.8. The molecule has 3 heteroatoms. The molecular weight excluding hydrogens is 583 g/mol. The van der Waals surface area contributed by atoms with E-state index in [0.29, 0.717) is 17.5 Å². The number of hydrogen-bond donors (Lipinski definition) is 0. The molecule has 0 saturated heterocycles. The van der Waals surface area contributed by atoms with Crippen LogP contribution in [0.4, 0.5) is 0 Å². The first-order valence-electron chi connectivity index (χ1n) is 16.8. The summed E-state index contributed by atoms with van der Waals surface area (Å²) in [6.07, 6.45) is 14.6. The van der Waals surface area contributed by atoms with Crippen molar-refractivity contribution >= 4 is 33.2 Å². The molecule has 6 aromatic carbocycles. The molecular formula is C45H33N3. The quantitative estimate of drug-likeness (QED) is 0.181. The summed E-state index contributed by atoms with van der Waals surface area (Å²) in [7, 11) is 0. The Morgan fingerprint density at radius 2 is 1.08 bits per heavy atom. The zero-order valence-corrected chi connectivity index (χ0v) is 26.6. The molecule has 0 amide bonds. The molecule has 0 aliphatic heterocycles. The minimum Gasteiger partial charge on any atom is -0.208 e. The highest BCUT2D eigenvalue weighted by Gasteiger charge is 2.21. The SMILES string of the molecule is C1=CC(c2cccc(-c3nc(-c4ccccc4)nc(-c4ccc(C5C=Cc6c(c7ccccc7c7ccccc67)C5)cc4)n3)c2)=CCC1. The third-order valence-corrected chi connectivity index (χ3v) is 9.72. The molecule has 9 rings (SSSR count). The van der Waals surface area contributed by atoms with Crippen molar-refractivity contribution in [2.75, 3.05) is 0 Å². The second-order valence-corrected chi connectivity index (χ2v) is 12.7. The molecule has 0 saturated carbocycles. The van der Waals surface area contributed by atoms with Crippen molar-refractivity contribution in [2.24, 2.45) is 0 Å². The number of nitrogens with zero attached hydrogens (tertiary/aromatic N) is 3. The van der Waals surface area contributed by atoms with Gasteiger partial charge in [0.25, 0.3) is 0 Å². The number of aromatic nitrogens is 3.